The summed E-state index contributed by atoms with van der Waals surface area (Å²) in [4.78, 5) is 5.10. The van der Waals surface area contributed by atoms with Gasteiger partial charge in [0.1, 0.15) is 5.76 Å². The molecule has 1 atom stereocenters. The largest absolute Gasteiger partial charge is 0.468 e. The normalized spacial score (nSPS) is 22.5. The molecule has 108 valence electrons. The maximum absolute atomic E-state index is 5.32. The average Bonchev–Trinajstić information content (AvgIpc) is 2.85. The van der Waals surface area contributed by atoms with Gasteiger partial charge in [0.15, 0.2) is 0 Å². The number of nitrogens with one attached hydrogen (secondary N) is 1. The van der Waals surface area contributed by atoms with Crippen LogP contribution in [0, 0.1) is 0 Å². The van der Waals surface area contributed by atoms with Gasteiger partial charge in [-0.05, 0) is 45.1 Å². The second-order valence-electron chi connectivity index (χ2n) is 5.47. The standard InChI is InChI=1S/C15H27N3O/c1-3-14-13-17(2)8-5-9-18(14)10-7-16-12-15-6-4-11-19-15/h4,6,11,14,16H,3,5,7-10,12-13H2,1-2H3. The molecule has 19 heavy (non-hydrogen) atoms. The van der Waals surface area contributed by atoms with E-state index in [4.69, 9.17) is 4.42 Å². The summed E-state index contributed by atoms with van der Waals surface area (Å²) in [7, 11) is 2.24. The van der Waals surface area contributed by atoms with E-state index < -0.39 is 0 Å². The Morgan fingerprint density at radius 1 is 1.42 bits per heavy atom. The number of hydrogen-bond donors (Lipinski definition) is 1. The lowest BCUT2D eigenvalue weighted by Crippen LogP contribution is -2.42. The summed E-state index contributed by atoms with van der Waals surface area (Å²) < 4.78 is 5.32. The zero-order valence-electron chi connectivity index (χ0n) is 12.3. The molecule has 4 heteroatoms. The van der Waals surface area contributed by atoms with Crippen LogP contribution in [0.2, 0.25) is 0 Å². The van der Waals surface area contributed by atoms with Crippen LogP contribution in [0.3, 0.4) is 0 Å². The van der Waals surface area contributed by atoms with Crippen LogP contribution in [-0.2, 0) is 6.54 Å². The van der Waals surface area contributed by atoms with Crippen LogP contribution in [0.5, 0.6) is 0 Å². The Balaban J connectivity index is 1.70. The average molecular weight is 265 g/mol. The smallest absolute Gasteiger partial charge is 0.117 e. The molecule has 1 unspecified atom stereocenters. The summed E-state index contributed by atoms with van der Waals surface area (Å²) in [6.45, 7) is 8.95. The fraction of sp³-hybridized carbons (Fsp3) is 0.733. The molecule has 1 N–H and O–H groups in total. The number of likely N-dealkylation sites (N-methyl/N-ethyl adjacent to an activating group) is 1. The van der Waals surface area contributed by atoms with Crippen molar-refractivity contribution in [1.29, 1.82) is 0 Å². The van der Waals surface area contributed by atoms with Crippen molar-refractivity contribution in [1.82, 2.24) is 15.1 Å². The van der Waals surface area contributed by atoms with Gasteiger partial charge >= 0.3 is 0 Å². The maximum atomic E-state index is 5.32. The topological polar surface area (TPSA) is 31.6 Å². The second kappa shape index (κ2) is 7.68. The van der Waals surface area contributed by atoms with E-state index in [1.807, 2.05) is 12.1 Å². The first kappa shape index (κ1) is 14.6. The first-order valence-electron chi connectivity index (χ1n) is 7.45. The van der Waals surface area contributed by atoms with Gasteiger partial charge in [-0.2, -0.15) is 0 Å². The van der Waals surface area contributed by atoms with Crippen LogP contribution in [0.15, 0.2) is 22.8 Å². The Hall–Kier alpha value is -0.840. The molecular formula is C15H27N3O. The molecule has 2 rings (SSSR count). The van der Waals surface area contributed by atoms with Gasteiger partial charge in [-0.25, -0.2) is 0 Å². The van der Waals surface area contributed by atoms with Crippen molar-refractivity contribution in [2.24, 2.45) is 0 Å². The number of rotatable bonds is 6. The van der Waals surface area contributed by atoms with Gasteiger partial charge in [0, 0.05) is 25.7 Å². The molecule has 0 aromatic carbocycles. The van der Waals surface area contributed by atoms with Crippen LogP contribution in [0.1, 0.15) is 25.5 Å². The minimum Gasteiger partial charge on any atom is -0.468 e. The van der Waals surface area contributed by atoms with Gasteiger partial charge in [-0.1, -0.05) is 6.92 Å². The predicted octanol–water partition coefficient (Wildman–Crippen LogP) is 1.79. The third kappa shape index (κ3) is 4.64. The zero-order valence-corrected chi connectivity index (χ0v) is 12.3. The highest BCUT2D eigenvalue weighted by Crippen LogP contribution is 2.11. The molecule has 1 aromatic heterocycles. The van der Waals surface area contributed by atoms with E-state index in [2.05, 4.69) is 29.1 Å². The maximum Gasteiger partial charge on any atom is 0.117 e. The Kier molecular flexibility index (Phi) is 5.89. The van der Waals surface area contributed by atoms with Crippen molar-refractivity contribution in [3.05, 3.63) is 24.2 Å². The third-order valence-electron chi connectivity index (χ3n) is 3.95. The SMILES string of the molecule is CCC1CN(C)CCCN1CCNCc1ccco1. The Bertz CT molecular complexity index is 339. The van der Waals surface area contributed by atoms with Gasteiger partial charge in [-0.3, -0.25) is 4.90 Å². The van der Waals surface area contributed by atoms with Crippen molar-refractivity contribution >= 4 is 0 Å². The van der Waals surface area contributed by atoms with E-state index in [0.717, 1.165) is 25.4 Å². The first-order valence-corrected chi connectivity index (χ1v) is 7.45. The van der Waals surface area contributed by atoms with Gasteiger partial charge in [0.05, 0.1) is 12.8 Å². The minimum absolute atomic E-state index is 0.706. The van der Waals surface area contributed by atoms with Crippen LogP contribution >= 0.6 is 0 Å². The molecule has 0 amide bonds. The highest BCUT2D eigenvalue weighted by Gasteiger charge is 2.21. The van der Waals surface area contributed by atoms with Crippen molar-refractivity contribution < 1.29 is 4.42 Å². The molecule has 0 radical (unpaired) electrons. The molecule has 1 aliphatic heterocycles. The Morgan fingerprint density at radius 3 is 3.05 bits per heavy atom. The van der Waals surface area contributed by atoms with E-state index >= 15 is 0 Å². The van der Waals surface area contributed by atoms with E-state index in [9.17, 15) is 0 Å². The van der Waals surface area contributed by atoms with E-state index in [-0.39, 0.29) is 0 Å². The third-order valence-corrected chi connectivity index (χ3v) is 3.95. The quantitative estimate of drug-likeness (QED) is 0.795. The summed E-state index contributed by atoms with van der Waals surface area (Å²) in [6.07, 6.45) is 4.25. The molecule has 1 aromatic rings. The van der Waals surface area contributed by atoms with Crippen LogP contribution in [-0.4, -0.2) is 55.6 Å². The lowest BCUT2D eigenvalue weighted by atomic mass is 10.2. The predicted molar refractivity (Wildman–Crippen MR) is 78.2 cm³/mol. The summed E-state index contributed by atoms with van der Waals surface area (Å²) in [5.74, 6) is 1.02. The van der Waals surface area contributed by atoms with E-state index in [0.29, 0.717) is 6.04 Å². The number of furan rings is 1. The second-order valence-corrected chi connectivity index (χ2v) is 5.47. The van der Waals surface area contributed by atoms with Crippen molar-refractivity contribution in [3.63, 3.8) is 0 Å². The fourth-order valence-electron chi connectivity index (χ4n) is 2.82. The van der Waals surface area contributed by atoms with Crippen molar-refractivity contribution in [2.75, 3.05) is 39.8 Å². The fourth-order valence-corrected chi connectivity index (χ4v) is 2.82. The van der Waals surface area contributed by atoms with Crippen LogP contribution < -0.4 is 5.32 Å². The summed E-state index contributed by atoms with van der Waals surface area (Å²) >= 11 is 0. The zero-order chi connectivity index (χ0) is 13.5. The molecule has 1 saturated heterocycles. The van der Waals surface area contributed by atoms with Gasteiger partial charge in [0.25, 0.3) is 0 Å². The monoisotopic (exact) mass is 265 g/mol. The lowest BCUT2D eigenvalue weighted by Gasteiger charge is -2.30. The first-order chi connectivity index (χ1) is 9.29. The van der Waals surface area contributed by atoms with Crippen LogP contribution in [0.4, 0.5) is 0 Å². The summed E-state index contributed by atoms with van der Waals surface area (Å²) in [6, 6.07) is 4.66. The van der Waals surface area contributed by atoms with Crippen molar-refractivity contribution in [3.8, 4) is 0 Å². The molecule has 1 aliphatic rings. The van der Waals surface area contributed by atoms with Crippen molar-refractivity contribution in [2.45, 2.75) is 32.4 Å². The molecule has 0 bridgehead atoms. The molecule has 4 nitrogen and oxygen atoms in total. The molecule has 1 fully saturated rings. The Morgan fingerprint density at radius 2 is 2.32 bits per heavy atom. The number of nitrogens with zero attached hydrogens (tertiary/aromatic N) is 2. The molecule has 2 heterocycles. The van der Waals surface area contributed by atoms with Gasteiger partial charge in [-0.15, -0.1) is 0 Å². The lowest BCUT2D eigenvalue weighted by molar-refractivity contribution is 0.183. The molecule has 0 spiro atoms. The molecule has 0 aliphatic carbocycles. The highest BCUT2D eigenvalue weighted by molar-refractivity contribution is 4.97. The molecular weight excluding hydrogens is 238 g/mol. The summed E-state index contributed by atoms with van der Waals surface area (Å²) in [5, 5.41) is 3.46. The minimum atomic E-state index is 0.706. The summed E-state index contributed by atoms with van der Waals surface area (Å²) in [5.41, 5.74) is 0. The number of hydrogen-bond acceptors (Lipinski definition) is 4. The van der Waals surface area contributed by atoms with E-state index in [1.165, 1.54) is 32.5 Å². The van der Waals surface area contributed by atoms with Crippen LogP contribution in [0.25, 0.3) is 0 Å². The Labute approximate surface area is 116 Å². The van der Waals surface area contributed by atoms with Gasteiger partial charge in [0.2, 0.25) is 0 Å². The van der Waals surface area contributed by atoms with E-state index in [1.54, 1.807) is 6.26 Å². The molecule has 0 saturated carbocycles. The highest BCUT2D eigenvalue weighted by atomic mass is 16.3. The van der Waals surface area contributed by atoms with Gasteiger partial charge < -0.3 is 14.6 Å².